The molecule has 1 aromatic rings. The number of amides is 1. The van der Waals surface area contributed by atoms with Crippen LogP contribution in [0.15, 0.2) is 29.2 Å². The quantitative estimate of drug-likeness (QED) is 0.723. The molecule has 0 radical (unpaired) electrons. The Morgan fingerprint density at radius 3 is 2.55 bits per heavy atom. The van der Waals surface area contributed by atoms with Gasteiger partial charge in [0.05, 0.1) is 11.9 Å². The van der Waals surface area contributed by atoms with Gasteiger partial charge >= 0.3 is 0 Å². The van der Waals surface area contributed by atoms with Crippen molar-refractivity contribution < 1.29 is 9.90 Å². The van der Waals surface area contributed by atoms with Crippen LogP contribution in [0.1, 0.15) is 26.3 Å². The van der Waals surface area contributed by atoms with E-state index in [1.54, 1.807) is 11.8 Å². The van der Waals surface area contributed by atoms with Crippen LogP contribution in [0.2, 0.25) is 0 Å². The first-order valence-electron chi connectivity index (χ1n) is 7.75. The summed E-state index contributed by atoms with van der Waals surface area (Å²) in [7, 11) is 0. The maximum Gasteiger partial charge on any atom is 0.230 e. The number of aliphatic hydroxyl groups excluding tert-OH is 1. The molecule has 1 aromatic carbocycles. The molecule has 1 aliphatic heterocycles. The fourth-order valence-corrected chi connectivity index (χ4v) is 3.15. The van der Waals surface area contributed by atoms with Gasteiger partial charge in [-0.15, -0.1) is 11.8 Å². The highest BCUT2D eigenvalue weighted by molar-refractivity contribution is 8.00. The zero-order valence-electron chi connectivity index (χ0n) is 13.6. The molecule has 1 saturated heterocycles. The third kappa shape index (κ3) is 5.00. The van der Waals surface area contributed by atoms with E-state index in [0.717, 1.165) is 11.4 Å². The average Bonchev–Trinajstić information content (AvgIpc) is 2.88. The van der Waals surface area contributed by atoms with E-state index >= 15 is 0 Å². The zero-order valence-corrected chi connectivity index (χ0v) is 14.4. The number of hydrogen-bond acceptors (Lipinski definition) is 4. The van der Waals surface area contributed by atoms with Gasteiger partial charge in [0.25, 0.3) is 0 Å². The van der Waals surface area contributed by atoms with E-state index in [1.807, 2.05) is 0 Å². The summed E-state index contributed by atoms with van der Waals surface area (Å²) in [5.74, 6) is 0.550. The van der Waals surface area contributed by atoms with Gasteiger partial charge in [-0.25, -0.2) is 0 Å². The summed E-state index contributed by atoms with van der Waals surface area (Å²) in [5.41, 5.74) is 1.44. The highest BCUT2D eigenvalue weighted by Gasteiger charge is 2.24. The lowest BCUT2D eigenvalue weighted by Gasteiger charge is -2.19. The van der Waals surface area contributed by atoms with Crippen LogP contribution >= 0.6 is 11.8 Å². The Hall–Kier alpha value is -1.04. The van der Waals surface area contributed by atoms with Crippen LogP contribution in [-0.2, 0) is 10.2 Å². The van der Waals surface area contributed by atoms with Gasteiger partial charge in [-0.05, 0) is 23.1 Å². The largest absolute Gasteiger partial charge is 0.391 e. The Labute approximate surface area is 137 Å². The minimum Gasteiger partial charge on any atom is -0.391 e. The molecule has 5 heteroatoms. The summed E-state index contributed by atoms with van der Waals surface area (Å²) >= 11 is 1.54. The fraction of sp³-hybridized carbons (Fsp3) is 0.588. The summed E-state index contributed by atoms with van der Waals surface area (Å²) in [4.78, 5) is 13.0. The van der Waals surface area contributed by atoms with E-state index in [-0.39, 0.29) is 23.3 Å². The van der Waals surface area contributed by atoms with Crippen molar-refractivity contribution in [3.8, 4) is 0 Å². The molecule has 2 unspecified atom stereocenters. The summed E-state index contributed by atoms with van der Waals surface area (Å²) in [6, 6.07) is 8.40. The molecule has 22 heavy (non-hydrogen) atoms. The van der Waals surface area contributed by atoms with Gasteiger partial charge in [0, 0.05) is 30.4 Å². The normalized spacial score (nSPS) is 21.8. The Kier molecular flexibility index (Phi) is 5.89. The molecule has 1 heterocycles. The molecule has 0 saturated carbocycles. The molecule has 0 spiro atoms. The van der Waals surface area contributed by atoms with Crippen LogP contribution in [0.5, 0.6) is 0 Å². The molecule has 1 fully saturated rings. The van der Waals surface area contributed by atoms with Crippen molar-refractivity contribution in [1.29, 1.82) is 0 Å². The lowest BCUT2D eigenvalue weighted by molar-refractivity contribution is -0.118. The minimum absolute atomic E-state index is 0.0176. The first kappa shape index (κ1) is 17.3. The van der Waals surface area contributed by atoms with Gasteiger partial charge in [-0.1, -0.05) is 32.9 Å². The van der Waals surface area contributed by atoms with Crippen LogP contribution in [0.25, 0.3) is 0 Å². The molecule has 4 nitrogen and oxygen atoms in total. The second-order valence-electron chi connectivity index (χ2n) is 6.85. The summed E-state index contributed by atoms with van der Waals surface area (Å²) in [6.45, 7) is 8.49. The summed E-state index contributed by atoms with van der Waals surface area (Å²) < 4.78 is 0. The molecule has 2 atom stereocenters. The van der Waals surface area contributed by atoms with Crippen molar-refractivity contribution in [3.63, 3.8) is 0 Å². The van der Waals surface area contributed by atoms with Crippen LogP contribution in [0.3, 0.4) is 0 Å². The number of hydrogen-bond donors (Lipinski definition) is 3. The van der Waals surface area contributed by atoms with E-state index in [9.17, 15) is 9.90 Å². The van der Waals surface area contributed by atoms with Crippen LogP contribution in [0.4, 0.5) is 0 Å². The molecule has 1 aliphatic rings. The average molecular weight is 322 g/mol. The standard InChI is InChI=1S/C17H26N2O2S/c1-17(2,3)13-4-6-14(7-5-13)22-11-16(21)19-9-12-8-18-10-15(12)20/h4-7,12,15,18,20H,8-11H2,1-3H3,(H,19,21). The summed E-state index contributed by atoms with van der Waals surface area (Å²) in [6.07, 6.45) is -0.349. The Morgan fingerprint density at radius 2 is 2.00 bits per heavy atom. The summed E-state index contributed by atoms with van der Waals surface area (Å²) in [5, 5.41) is 15.7. The zero-order chi connectivity index (χ0) is 16.2. The Balaban J connectivity index is 1.74. The van der Waals surface area contributed by atoms with E-state index in [4.69, 9.17) is 0 Å². The number of β-amino-alcohol motifs (C(OH)–C–C–N with tert-alkyl or cyclic N) is 1. The SMILES string of the molecule is CC(C)(C)c1ccc(SCC(=O)NCC2CNCC2O)cc1. The highest BCUT2D eigenvalue weighted by Crippen LogP contribution is 2.25. The van der Waals surface area contributed by atoms with Crippen LogP contribution < -0.4 is 10.6 Å². The molecule has 1 amide bonds. The number of rotatable bonds is 5. The number of carbonyl (C=O) groups excluding carboxylic acids is 1. The predicted octanol–water partition coefficient (Wildman–Crippen LogP) is 1.77. The molecule has 0 aromatic heterocycles. The number of aliphatic hydroxyl groups is 1. The topological polar surface area (TPSA) is 61.4 Å². The highest BCUT2D eigenvalue weighted by atomic mass is 32.2. The monoisotopic (exact) mass is 322 g/mol. The number of carbonyl (C=O) groups is 1. The number of benzene rings is 1. The third-order valence-electron chi connectivity index (χ3n) is 3.96. The van der Waals surface area contributed by atoms with E-state index in [0.29, 0.717) is 18.8 Å². The number of nitrogens with one attached hydrogen (secondary N) is 2. The van der Waals surface area contributed by atoms with Gasteiger partial charge < -0.3 is 15.7 Å². The molecule has 0 aliphatic carbocycles. The predicted molar refractivity (Wildman–Crippen MR) is 91.2 cm³/mol. The van der Waals surface area contributed by atoms with Crippen molar-refractivity contribution in [3.05, 3.63) is 29.8 Å². The van der Waals surface area contributed by atoms with Crippen molar-refractivity contribution in [2.75, 3.05) is 25.4 Å². The second-order valence-corrected chi connectivity index (χ2v) is 7.90. The molecular formula is C17H26N2O2S. The second kappa shape index (κ2) is 7.49. The molecule has 122 valence electrons. The van der Waals surface area contributed by atoms with Gasteiger partial charge in [0.2, 0.25) is 5.91 Å². The lowest BCUT2D eigenvalue weighted by atomic mass is 9.87. The van der Waals surface area contributed by atoms with Gasteiger partial charge in [0.15, 0.2) is 0 Å². The van der Waals surface area contributed by atoms with Gasteiger partial charge in [-0.2, -0.15) is 0 Å². The van der Waals surface area contributed by atoms with Crippen LogP contribution in [0, 0.1) is 5.92 Å². The van der Waals surface area contributed by atoms with E-state index in [1.165, 1.54) is 5.56 Å². The van der Waals surface area contributed by atoms with Crippen LogP contribution in [-0.4, -0.2) is 42.5 Å². The molecule has 2 rings (SSSR count). The Morgan fingerprint density at radius 1 is 1.32 bits per heavy atom. The van der Waals surface area contributed by atoms with Crippen molar-refractivity contribution in [2.45, 2.75) is 37.2 Å². The maximum atomic E-state index is 11.9. The van der Waals surface area contributed by atoms with E-state index in [2.05, 4.69) is 55.7 Å². The van der Waals surface area contributed by atoms with E-state index < -0.39 is 0 Å². The Bertz CT molecular complexity index is 496. The smallest absolute Gasteiger partial charge is 0.230 e. The molecule has 3 N–H and O–H groups in total. The fourth-order valence-electron chi connectivity index (χ4n) is 2.42. The van der Waals surface area contributed by atoms with Crippen molar-refractivity contribution in [2.24, 2.45) is 5.92 Å². The third-order valence-corrected chi connectivity index (χ3v) is 4.97. The first-order valence-corrected chi connectivity index (χ1v) is 8.73. The minimum atomic E-state index is -0.349. The van der Waals surface area contributed by atoms with Gasteiger partial charge in [0.1, 0.15) is 0 Å². The van der Waals surface area contributed by atoms with Gasteiger partial charge in [-0.3, -0.25) is 4.79 Å². The van der Waals surface area contributed by atoms with Crippen molar-refractivity contribution >= 4 is 17.7 Å². The van der Waals surface area contributed by atoms with Crippen molar-refractivity contribution in [1.82, 2.24) is 10.6 Å². The number of thioether (sulfide) groups is 1. The molecule has 0 bridgehead atoms. The lowest BCUT2D eigenvalue weighted by Crippen LogP contribution is -2.35. The first-order chi connectivity index (χ1) is 10.4. The maximum absolute atomic E-state index is 11.9. The molecular weight excluding hydrogens is 296 g/mol.